The van der Waals surface area contributed by atoms with E-state index < -0.39 is 0 Å². The average molecular weight is 419 g/mol. The molecule has 7 nitrogen and oxygen atoms in total. The van der Waals surface area contributed by atoms with Gasteiger partial charge in [-0.15, -0.1) is 0 Å². The molecule has 0 amide bonds. The van der Waals surface area contributed by atoms with Gasteiger partial charge in [-0.3, -0.25) is 9.89 Å². The monoisotopic (exact) mass is 418 g/mol. The van der Waals surface area contributed by atoms with Gasteiger partial charge in [-0.25, -0.2) is 0 Å². The normalized spacial score (nSPS) is 21.5. The van der Waals surface area contributed by atoms with Gasteiger partial charge in [0.15, 0.2) is 5.96 Å². The SMILES string of the molecule is CN=C(NCCCOCC1CCOC1)NCC(c1cccc(C)c1)N1CCOCC1. The molecule has 2 aliphatic heterocycles. The summed E-state index contributed by atoms with van der Waals surface area (Å²) in [6.07, 6.45) is 2.08. The number of rotatable bonds is 10. The highest BCUT2D eigenvalue weighted by atomic mass is 16.5. The molecule has 2 unspecified atom stereocenters. The van der Waals surface area contributed by atoms with Crippen LogP contribution in [0.2, 0.25) is 0 Å². The number of nitrogens with one attached hydrogen (secondary N) is 2. The largest absolute Gasteiger partial charge is 0.381 e. The Morgan fingerprint density at radius 2 is 2.10 bits per heavy atom. The molecule has 2 N–H and O–H groups in total. The number of aliphatic imine (C=N–C) groups is 1. The molecule has 2 fully saturated rings. The molecule has 7 heteroatoms. The van der Waals surface area contributed by atoms with Crippen LogP contribution in [0.4, 0.5) is 0 Å². The van der Waals surface area contributed by atoms with E-state index >= 15 is 0 Å². The number of hydrogen-bond donors (Lipinski definition) is 2. The summed E-state index contributed by atoms with van der Waals surface area (Å²) in [5, 5.41) is 6.93. The fourth-order valence-electron chi connectivity index (χ4n) is 3.98. The summed E-state index contributed by atoms with van der Waals surface area (Å²) < 4.78 is 16.7. The number of guanidine groups is 1. The number of aryl methyl sites for hydroxylation is 1. The van der Waals surface area contributed by atoms with Gasteiger partial charge in [0, 0.05) is 52.4 Å². The molecule has 0 aromatic heterocycles. The zero-order chi connectivity index (χ0) is 21.0. The van der Waals surface area contributed by atoms with Crippen molar-refractivity contribution in [1.82, 2.24) is 15.5 Å². The van der Waals surface area contributed by atoms with Gasteiger partial charge in [-0.05, 0) is 25.3 Å². The third-order valence-electron chi connectivity index (χ3n) is 5.74. The van der Waals surface area contributed by atoms with Gasteiger partial charge < -0.3 is 24.8 Å². The zero-order valence-corrected chi connectivity index (χ0v) is 18.6. The lowest BCUT2D eigenvalue weighted by Crippen LogP contribution is -2.46. The number of morpholine rings is 1. The molecule has 168 valence electrons. The number of benzene rings is 1. The molecule has 0 bridgehead atoms. The molecular formula is C23H38N4O3. The molecule has 0 saturated carbocycles. The van der Waals surface area contributed by atoms with Gasteiger partial charge in [0.25, 0.3) is 0 Å². The summed E-state index contributed by atoms with van der Waals surface area (Å²) in [5.74, 6) is 1.41. The maximum absolute atomic E-state index is 5.78. The van der Waals surface area contributed by atoms with Crippen molar-refractivity contribution in [3.63, 3.8) is 0 Å². The van der Waals surface area contributed by atoms with Crippen LogP contribution in [-0.2, 0) is 14.2 Å². The Labute approximate surface area is 181 Å². The summed E-state index contributed by atoms with van der Waals surface area (Å²) in [6.45, 7) is 10.6. The Bertz CT molecular complexity index is 643. The van der Waals surface area contributed by atoms with Crippen molar-refractivity contribution in [2.24, 2.45) is 10.9 Å². The van der Waals surface area contributed by atoms with Gasteiger partial charge in [0.05, 0.1) is 32.5 Å². The predicted molar refractivity (Wildman–Crippen MR) is 120 cm³/mol. The molecule has 2 aliphatic rings. The Balaban J connectivity index is 1.42. The molecule has 0 aliphatic carbocycles. The molecule has 2 heterocycles. The zero-order valence-electron chi connectivity index (χ0n) is 18.6. The van der Waals surface area contributed by atoms with E-state index in [0.29, 0.717) is 12.0 Å². The van der Waals surface area contributed by atoms with Crippen LogP contribution in [0.3, 0.4) is 0 Å². The van der Waals surface area contributed by atoms with E-state index in [1.807, 2.05) is 7.05 Å². The van der Waals surface area contributed by atoms with Gasteiger partial charge in [-0.1, -0.05) is 29.8 Å². The molecule has 2 saturated heterocycles. The molecule has 3 rings (SSSR count). The van der Waals surface area contributed by atoms with Gasteiger partial charge >= 0.3 is 0 Å². The van der Waals surface area contributed by atoms with Crippen LogP contribution in [0.5, 0.6) is 0 Å². The first-order valence-corrected chi connectivity index (χ1v) is 11.2. The molecule has 0 spiro atoms. The minimum absolute atomic E-state index is 0.296. The van der Waals surface area contributed by atoms with E-state index in [1.165, 1.54) is 11.1 Å². The molecule has 2 atom stereocenters. The van der Waals surface area contributed by atoms with Crippen LogP contribution >= 0.6 is 0 Å². The summed E-state index contributed by atoms with van der Waals surface area (Å²) in [7, 11) is 1.82. The molecule has 30 heavy (non-hydrogen) atoms. The Morgan fingerprint density at radius 1 is 1.23 bits per heavy atom. The van der Waals surface area contributed by atoms with Crippen molar-refractivity contribution in [2.45, 2.75) is 25.8 Å². The van der Waals surface area contributed by atoms with Crippen LogP contribution < -0.4 is 10.6 Å². The quantitative estimate of drug-likeness (QED) is 0.344. The third kappa shape index (κ3) is 7.54. The third-order valence-corrected chi connectivity index (χ3v) is 5.74. The van der Waals surface area contributed by atoms with Crippen LogP contribution in [-0.4, -0.2) is 83.7 Å². The standard InChI is InChI=1S/C23H38N4O3/c1-19-5-3-6-21(15-19)22(27-9-13-28-14-10-27)16-26-23(24-2)25-8-4-11-29-17-20-7-12-30-18-20/h3,5-6,15,20,22H,4,7-14,16-18H2,1-2H3,(H2,24,25,26). The maximum atomic E-state index is 5.78. The average Bonchev–Trinajstić information content (AvgIpc) is 3.29. The highest BCUT2D eigenvalue weighted by Crippen LogP contribution is 2.22. The van der Waals surface area contributed by atoms with Crippen LogP contribution in [0.1, 0.15) is 30.0 Å². The second-order valence-corrected chi connectivity index (χ2v) is 8.12. The van der Waals surface area contributed by atoms with E-state index in [9.17, 15) is 0 Å². The van der Waals surface area contributed by atoms with Crippen molar-refractivity contribution in [2.75, 3.05) is 72.9 Å². The Hall–Kier alpha value is -1.67. The first kappa shape index (κ1) is 23.0. The topological polar surface area (TPSA) is 67.4 Å². The number of hydrogen-bond acceptors (Lipinski definition) is 5. The Kier molecular flexibility index (Phi) is 9.89. The van der Waals surface area contributed by atoms with E-state index in [0.717, 1.165) is 84.6 Å². The van der Waals surface area contributed by atoms with E-state index in [1.54, 1.807) is 0 Å². The predicted octanol–water partition coefficient (Wildman–Crippen LogP) is 1.98. The second-order valence-electron chi connectivity index (χ2n) is 8.12. The first-order valence-electron chi connectivity index (χ1n) is 11.2. The maximum Gasteiger partial charge on any atom is 0.191 e. The summed E-state index contributed by atoms with van der Waals surface area (Å²) >= 11 is 0. The smallest absolute Gasteiger partial charge is 0.191 e. The summed E-state index contributed by atoms with van der Waals surface area (Å²) in [6, 6.07) is 9.09. The fourth-order valence-corrected chi connectivity index (χ4v) is 3.98. The minimum Gasteiger partial charge on any atom is -0.381 e. The highest BCUT2D eigenvalue weighted by molar-refractivity contribution is 5.79. The minimum atomic E-state index is 0.296. The van der Waals surface area contributed by atoms with Crippen LogP contribution in [0, 0.1) is 12.8 Å². The molecule has 0 radical (unpaired) electrons. The van der Waals surface area contributed by atoms with Crippen molar-refractivity contribution in [3.8, 4) is 0 Å². The van der Waals surface area contributed by atoms with Crippen molar-refractivity contribution >= 4 is 5.96 Å². The van der Waals surface area contributed by atoms with Crippen LogP contribution in [0.25, 0.3) is 0 Å². The lowest BCUT2D eigenvalue weighted by molar-refractivity contribution is 0.0170. The van der Waals surface area contributed by atoms with Crippen molar-refractivity contribution in [3.05, 3.63) is 35.4 Å². The summed E-state index contributed by atoms with van der Waals surface area (Å²) in [4.78, 5) is 6.89. The van der Waals surface area contributed by atoms with Gasteiger partial charge in [0.1, 0.15) is 0 Å². The lowest BCUT2D eigenvalue weighted by Gasteiger charge is -2.35. The molecule has 1 aromatic rings. The summed E-state index contributed by atoms with van der Waals surface area (Å²) in [5.41, 5.74) is 2.63. The van der Waals surface area contributed by atoms with Crippen molar-refractivity contribution in [1.29, 1.82) is 0 Å². The molecule has 1 aromatic carbocycles. The first-order chi connectivity index (χ1) is 14.8. The highest BCUT2D eigenvalue weighted by Gasteiger charge is 2.23. The van der Waals surface area contributed by atoms with E-state index in [2.05, 4.69) is 51.7 Å². The lowest BCUT2D eigenvalue weighted by atomic mass is 10.0. The fraction of sp³-hybridized carbons (Fsp3) is 0.696. The molecular weight excluding hydrogens is 380 g/mol. The van der Waals surface area contributed by atoms with Crippen LogP contribution in [0.15, 0.2) is 29.3 Å². The van der Waals surface area contributed by atoms with E-state index in [-0.39, 0.29) is 0 Å². The number of ether oxygens (including phenoxy) is 3. The van der Waals surface area contributed by atoms with Gasteiger partial charge in [-0.2, -0.15) is 0 Å². The van der Waals surface area contributed by atoms with E-state index in [4.69, 9.17) is 14.2 Å². The number of nitrogens with zero attached hydrogens (tertiary/aromatic N) is 2. The van der Waals surface area contributed by atoms with Gasteiger partial charge in [0.2, 0.25) is 0 Å². The second kappa shape index (κ2) is 12.9. The van der Waals surface area contributed by atoms with Crippen molar-refractivity contribution < 1.29 is 14.2 Å². The Morgan fingerprint density at radius 3 is 2.83 bits per heavy atom.